The minimum atomic E-state index is -3.65. The Morgan fingerprint density at radius 1 is 1.00 bits per heavy atom. The van der Waals surface area contributed by atoms with Crippen LogP contribution in [0.25, 0.3) is 10.8 Å². The Morgan fingerprint density at radius 2 is 1.74 bits per heavy atom. The molecule has 162 valence electrons. The summed E-state index contributed by atoms with van der Waals surface area (Å²) in [6.45, 7) is 1.79. The molecule has 1 aliphatic rings. The van der Waals surface area contributed by atoms with Gasteiger partial charge in [-0.15, -0.1) is 0 Å². The van der Waals surface area contributed by atoms with Gasteiger partial charge in [0, 0.05) is 24.9 Å². The summed E-state index contributed by atoms with van der Waals surface area (Å²) in [5.74, 6) is 0.0218. The first-order valence-corrected chi connectivity index (χ1v) is 11.9. The van der Waals surface area contributed by atoms with Crippen LogP contribution in [-0.2, 0) is 19.6 Å². The molecule has 6 nitrogen and oxygen atoms in total. The van der Waals surface area contributed by atoms with Crippen molar-refractivity contribution in [2.24, 2.45) is 0 Å². The van der Waals surface area contributed by atoms with Crippen molar-refractivity contribution in [3.8, 4) is 0 Å². The summed E-state index contributed by atoms with van der Waals surface area (Å²) in [6, 6.07) is 22.5. The fourth-order valence-electron chi connectivity index (χ4n) is 3.86. The van der Waals surface area contributed by atoms with E-state index < -0.39 is 10.0 Å². The molecule has 31 heavy (non-hydrogen) atoms. The lowest BCUT2D eigenvalue weighted by atomic mass is 10.1. The van der Waals surface area contributed by atoms with Crippen molar-refractivity contribution < 1.29 is 17.9 Å². The maximum Gasteiger partial charge on any atom is 0.241 e. The Morgan fingerprint density at radius 3 is 2.58 bits per heavy atom. The van der Waals surface area contributed by atoms with E-state index >= 15 is 0 Å². The van der Waals surface area contributed by atoms with Crippen molar-refractivity contribution in [3.63, 3.8) is 0 Å². The van der Waals surface area contributed by atoms with Gasteiger partial charge in [-0.1, -0.05) is 66.7 Å². The summed E-state index contributed by atoms with van der Waals surface area (Å²) in [5.41, 5.74) is 1.06. The molecule has 1 heterocycles. The summed E-state index contributed by atoms with van der Waals surface area (Å²) < 4.78 is 34.0. The second-order valence-corrected chi connectivity index (χ2v) is 9.32. The molecule has 7 heteroatoms. The lowest BCUT2D eigenvalue weighted by Crippen LogP contribution is -2.42. The molecule has 0 saturated carbocycles. The molecule has 0 spiro atoms. The second-order valence-electron chi connectivity index (χ2n) is 7.59. The fourth-order valence-corrected chi connectivity index (χ4v) is 5.16. The molecule has 3 aromatic carbocycles. The van der Waals surface area contributed by atoms with Crippen LogP contribution >= 0.6 is 0 Å². The summed E-state index contributed by atoms with van der Waals surface area (Å²) in [4.78, 5) is 14.7. The predicted molar refractivity (Wildman–Crippen MR) is 120 cm³/mol. The lowest BCUT2D eigenvalue weighted by Gasteiger charge is -2.33. The summed E-state index contributed by atoms with van der Waals surface area (Å²) in [5, 5.41) is 1.56. The van der Waals surface area contributed by atoms with Crippen LogP contribution in [0.4, 0.5) is 0 Å². The van der Waals surface area contributed by atoms with E-state index in [1.807, 2.05) is 54.6 Å². The molecule has 1 N–H and O–H groups in total. The minimum absolute atomic E-state index is 0.0218. The van der Waals surface area contributed by atoms with Gasteiger partial charge in [-0.3, -0.25) is 4.79 Å². The number of fused-ring (bicyclic) bond motifs is 1. The number of rotatable bonds is 7. The van der Waals surface area contributed by atoms with Crippen LogP contribution in [0, 0.1) is 0 Å². The number of morpholine rings is 1. The molecule has 1 saturated heterocycles. The number of hydrogen-bond acceptors (Lipinski definition) is 4. The van der Waals surface area contributed by atoms with Crippen molar-refractivity contribution in [3.05, 3.63) is 78.4 Å². The largest absolute Gasteiger partial charge is 0.370 e. The molecule has 0 bridgehead atoms. The quantitative estimate of drug-likeness (QED) is 0.573. The third-order valence-electron chi connectivity index (χ3n) is 5.49. The average molecular weight is 439 g/mol. The number of carbonyl (C=O) groups excluding carboxylic acids is 1. The second kappa shape index (κ2) is 9.60. The first-order chi connectivity index (χ1) is 15.0. The van der Waals surface area contributed by atoms with Crippen molar-refractivity contribution in [1.82, 2.24) is 9.62 Å². The summed E-state index contributed by atoms with van der Waals surface area (Å²) in [7, 11) is -3.65. The molecule has 1 amide bonds. The maximum absolute atomic E-state index is 12.8. The number of nitrogens with zero attached hydrogens (tertiary/aromatic N) is 1. The van der Waals surface area contributed by atoms with E-state index in [1.54, 1.807) is 23.1 Å². The van der Waals surface area contributed by atoms with Crippen LogP contribution in [0.2, 0.25) is 0 Å². The first-order valence-electron chi connectivity index (χ1n) is 10.5. The number of sulfonamides is 1. The van der Waals surface area contributed by atoms with E-state index in [0.29, 0.717) is 37.9 Å². The zero-order valence-corrected chi connectivity index (χ0v) is 18.1. The smallest absolute Gasteiger partial charge is 0.241 e. The first kappa shape index (κ1) is 21.5. The summed E-state index contributed by atoms with van der Waals surface area (Å²) >= 11 is 0. The molecule has 3 aromatic rings. The van der Waals surface area contributed by atoms with Gasteiger partial charge in [0.15, 0.2) is 0 Å². The lowest BCUT2D eigenvalue weighted by molar-refractivity contribution is -0.139. The monoisotopic (exact) mass is 438 g/mol. The SMILES string of the molecule is O=C(CCCNS(=O)(=O)c1cccc2ccccc12)N1CCOC(c2ccccc2)C1. The van der Waals surface area contributed by atoms with Crippen LogP contribution in [-0.4, -0.2) is 45.5 Å². The fraction of sp³-hybridized carbons (Fsp3) is 0.292. The molecule has 1 atom stereocenters. The summed E-state index contributed by atoms with van der Waals surface area (Å²) in [6.07, 6.45) is 0.610. The Kier molecular flexibility index (Phi) is 6.65. The highest BCUT2D eigenvalue weighted by atomic mass is 32.2. The highest BCUT2D eigenvalue weighted by molar-refractivity contribution is 7.89. The maximum atomic E-state index is 12.8. The molecule has 0 aliphatic carbocycles. The topological polar surface area (TPSA) is 75.7 Å². The van der Waals surface area contributed by atoms with Gasteiger partial charge in [0.25, 0.3) is 0 Å². The third-order valence-corrected chi connectivity index (χ3v) is 7.01. The highest BCUT2D eigenvalue weighted by Crippen LogP contribution is 2.23. The third kappa shape index (κ3) is 5.12. The van der Waals surface area contributed by atoms with E-state index in [9.17, 15) is 13.2 Å². The van der Waals surface area contributed by atoms with Gasteiger partial charge >= 0.3 is 0 Å². The number of carbonyl (C=O) groups is 1. The van der Waals surface area contributed by atoms with E-state index in [0.717, 1.165) is 10.9 Å². The molecule has 1 aliphatic heterocycles. The van der Waals surface area contributed by atoms with Crippen molar-refractivity contribution in [2.45, 2.75) is 23.8 Å². The van der Waals surface area contributed by atoms with Crippen LogP contribution < -0.4 is 4.72 Å². The van der Waals surface area contributed by atoms with Gasteiger partial charge in [-0.25, -0.2) is 13.1 Å². The Labute approximate surface area is 182 Å². The molecular weight excluding hydrogens is 412 g/mol. The number of benzene rings is 3. The molecule has 1 unspecified atom stereocenters. The zero-order chi connectivity index (χ0) is 21.7. The van der Waals surface area contributed by atoms with Gasteiger partial charge in [0.2, 0.25) is 15.9 Å². The van der Waals surface area contributed by atoms with Crippen molar-refractivity contribution in [2.75, 3.05) is 26.2 Å². The van der Waals surface area contributed by atoms with Crippen LogP contribution in [0.15, 0.2) is 77.7 Å². The number of amides is 1. The Hall–Kier alpha value is -2.74. The number of ether oxygens (including phenoxy) is 1. The van der Waals surface area contributed by atoms with E-state index in [1.165, 1.54) is 0 Å². The minimum Gasteiger partial charge on any atom is -0.370 e. The highest BCUT2D eigenvalue weighted by Gasteiger charge is 2.25. The number of nitrogens with one attached hydrogen (secondary N) is 1. The van der Waals surface area contributed by atoms with Gasteiger partial charge in [-0.2, -0.15) is 0 Å². The average Bonchev–Trinajstić information content (AvgIpc) is 2.82. The number of hydrogen-bond donors (Lipinski definition) is 1. The van der Waals surface area contributed by atoms with Gasteiger partial charge in [0.1, 0.15) is 6.10 Å². The van der Waals surface area contributed by atoms with Crippen molar-refractivity contribution in [1.29, 1.82) is 0 Å². The molecular formula is C24H26N2O4S. The van der Waals surface area contributed by atoms with Crippen LogP contribution in [0.5, 0.6) is 0 Å². The molecule has 4 rings (SSSR count). The van der Waals surface area contributed by atoms with Gasteiger partial charge < -0.3 is 9.64 Å². The molecule has 1 fully saturated rings. The van der Waals surface area contributed by atoms with E-state index in [-0.39, 0.29) is 23.5 Å². The van der Waals surface area contributed by atoms with Gasteiger partial charge in [0.05, 0.1) is 18.0 Å². The van der Waals surface area contributed by atoms with Crippen LogP contribution in [0.1, 0.15) is 24.5 Å². The van der Waals surface area contributed by atoms with Crippen molar-refractivity contribution >= 4 is 26.7 Å². The Balaban J connectivity index is 1.30. The predicted octanol–water partition coefficient (Wildman–Crippen LogP) is 3.50. The zero-order valence-electron chi connectivity index (χ0n) is 17.2. The van der Waals surface area contributed by atoms with E-state index in [4.69, 9.17) is 4.74 Å². The standard InChI is InChI=1S/C24H26N2O4S/c27-24(26-16-17-30-22(18-26)20-9-2-1-3-10-20)14-7-15-25-31(28,29)23-13-6-11-19-8-4-5-12-21(19)23/h1-6,8-13,22,25H,7,14-18H2. The van der Waals surface area contributed by atoms with Crippen LogP contribution in [0.3, 0.4) is 0 Å². The molecule has 0 aromatic heterocycles. The molecule has 0 radical (unpaired) electrons. The van der Waals surface area contributed by atoms with E-state index in [2.05, 4.69) is 4.72 Å². The Bertz CT molecular complexity index is 1140. The normalized spacial score (nSPS) is 17.0. The van der Waals surface area contributed by atoms with Gasteiger partial charge in [-0.05, 0) is 23.4 Å².